The molecule has 1 N–H and O–H groups in total. The van der Waals surface area contributed by atoms with E-state index < -0.39 is 0 Å². The third-order valence-electron chi connectivity index (χ3n) is 5.37. The number of anilines is 1. The van der Waals surface area contributed by atoms with Crippen LogP contribution in [0.4, 0.5) is 5.95 Å². The molecule has 0 bridgehead atoms. The van der Waals surface area contributed by atoms with Gasteiger partial charge in [-0.15, -0.1) is 0 Å². The lowest BCUT2D eigenvalue weighted by atomic mass is 9.97. The van der Waals surface area contributed by atoms with Gasteiger partial charge in [-0.3, -0.25) is 9.78 Å². The van der Waals surface area contributed by atoms with Crippen LogP contribution in [0.15, 0.2) is 53.7 Å². The second kappa shape index (κ2) is 6.63. The number of fused-ring (bicyclic) bond motifs is 2. The number of aromatic amines is 1. The van der Waals surface area contributed by atoms with Crippen molar-refractivity contribution in [2.24, 2.45) is 5.92 Å². The van der Waals surface area contributed by atoms with Crippen LogP contribution in [0.3, 0.4) is 0 Å². The number of hydrogen-bond acceptors (Lipinski definition) is 5. The molecule has 28 heavy (non-hydrogen) atoms. The number of imidazole rings is 1. The minimum absolute atomic E-state index is 0.173. The molecule has 0 spiro atoms. The van der Waals surface area contributed by atoms with Crippen LogP contribution in [-0.2, 0) is 13.0 Å². The maximum absolute atomic E-state index is 12.6. The van der Waals surface area contributed by atoms with E-state index in [0.29, 0.717) is 22.9 Å². The first kappa shape index (κ1) is 16.7. The largest absolute Gasteiger partial charge is 0.345 e. The standard InChI is InChI=1S/C20H21N7O/c1-25(13-14-7-9-26-10-8-21-17(26)11-14)20-23-18-16(19(28)24-20)12-22-27(18)15-5-3-2-4-6-15/h2-6,8,10,12,14H,7,9,11,13H2,1H3,(H,23,24,28). The SMILES string of the molecule is CN(CC1CCn2ccnc2C1)c1nc2c(cnn2-c2ccccc2)c(=O)[nH]1. The summed E-state index contributed by atoms with van der Waals surface area (Å²) in [6.45, 7) is 1.79. The molecular formula is C20H21N7O. The average Bonchev–Trinajstić information content (AvgIpc) is 3.35. The van der Waals surface area contributed by atoms with Crippen molar-refractivity contribution in [3.8, 4) is 5.69 Å². The minimum Gasteiger partial charge on any atom is -0.345 e. The number of nitrogens with zero attached hydrogens (tertiary/aromatic N) is 6. The molecule has 0 aliphatic carbocycles. The number of aryl methyl sites for hydroxylation is 1. The first-order chi connectivity index (χ1) is 13.7. The van der Waals surface area contributed by atoms with E-state index >= 15 is 0 Å². The zero-order valence-corrected chi connectivity index (χ0v) is 15.6. The molecule has 8 nitrogen and oxygen atoms in total. The molecular weight excluding hydrogens is 354 g/mol. The summed E-state index contributed by atoms with van der Waals surface area (Å²) < 4.78 is 3.92. The summed E-state index contributed by atoms with van der Waals surface area (Å²) in [6.07, 6.45) is 7.49. The Labute approximate surface area is 161 Å². The van der Waals surface area contributed by atoms with Crippen LogP contribution in [0.5, 0.6) is 0 Å². The highest BCUT2D eigenvalue weighted by Gasteiger charge is 2.22. The summed E-state index contributed by atoms with van der Waals surface area (Å²) in [7, 11) is 1.97. The van der Waals surface area contributed by atoms with Crippen molar-refractivity contribution >= 4 is 17.0 Å². The predicted octanol–water partition coefficient (Wildman–Crippen LogP) is 2.00. The molecule has 1 aliphatic heterocycles. The third kappa shape index (κ3) is 2.87. The van der Waals surface area contributed by atoms with E-state index in [9.17, 15) is 4.79 Å². The van der Waals surface area contributed by atoms with Gasteiger partial charge in [0.05, 0.1) is 11.9 Å². The highest BCUT2D eigenvalue weighted by molar-refractivity contribution is 5.76. The summed E-state index contributed by atoms with van der Waals surface area (Å²) in [6, 6.07) is 9.72. The van der Waals surface area contributed by atoms with E-state index in [2.05, 4.69) is 19.6 Å². The number of para-hydroxylation sites is 1. The van der Waals surface area contributed by atoms with E-state index in [1.54, 1.807) is 10.9 Å². The quantitative estimate of drug-likeness (QED) is 0.590. The molecule has 3 aromatic heterocycles. The van der Waals surface area contributed by atoms with E-state index in [0.717, 1.165) is 37.4 Å². The molecule has 4 aromatic rings. The topological polar surface area (TPSA) is 84.6 Å². The van der Waals surface area contributed by atoms with Crippen LogP contribution < -0.4 is 10.5 Å². The van der Waals surface area contributed by atoms with Gasteiger partial charge in [-0.25, -0.2) is 9.67 Å². The van der Waals surface area contributed by atoms with Crippen LogP contribution in [0.1, 0.15) is 12.2 Å². The lowest BCUT2D eigenvalue weighted by molar-refractivity contribution is 0.384. The van der Waals surface area contributed by atoms with Gasteiger partial charge >= 0.3 is 0 Å². The molecule has 0 saturated carbocycles. The number of H-pyrrole nitrogens is 1. The summed E-state index contributed by atoms with van der Waals surface area (Å²) in [5.74, 6) is 2.16. The molecule has 1 aliphatic rings. The molecule has 5 rings (SSSR count). The van der Waals surface area contributed by atoms with Gasteiger partial charge in [0.1, 0.15) is 11.2 Å². The van der Waals surface area contributed by atoms with Gasteiger partial charge in [-0.2, -0.15) is 10.1 Å². The molecule has 0 saturated heterocycles. The smallest absolute Gasteiger partial charge is 0.263 e. The number of nitrogens with one attached hydrogen (secondary N) is 1. The van der Waals surface area contributed by atoms with Gasteiger partial charge in [0.15, 0.2) is 5.65 Å². The van der Waals surface area contributed by atoms with Crippen LogP contribution in [0, 0.1) is 5.92 Å². The Hall–Kier alpha value is -3.42. The fourth-order valence-electron chi connectivity index (χ4n) is 3.89. The first-order valence-corrected chi connectivity index (χ1v) is 9.43. The Kier molecular flexibility index (Phi) is 3.96. The molecule has 0 fully saturated rings. The highest BCUT2D eigenvalue weighted by atomic mass is 16.1. The molecule has 142 valence electrons. The van der Waals surface area contributed by atoms with E-state index in [-0.39, 0.29) is 5.56 Å². The maximum Gasteiger partial charge on any atom is 0.263 e. The van der Waals surface area contributed by atoms with Gasteiger partial charge in [-0.05, 0) is 24.5 Å². The van der Waals surface area contributed by atoms with Crippen LogP contribution in [0.25, 0.3) is 16.7 Å². The summed E-state index contributed by atoms with van der Waals surface area (Å²) in [4.78, 5) is 26.7. The Morgan fingerprint density at radius 2 is 2.14 bits per heavy atom. The van der Waals surface area contributed by atoms with Gasteiger partial charge in [0.2, 0.25) is 5.95 Å². The molecule has 1 unspecified atom stereocenters. The Morgan fingerprint density at radius 1 is 1.29 bits per heavy atom. The van der Waals surface area contributed by atoms with Crippen LogP contribution in [-0.4, -0.2) is 42.9 Å². The normalized spacial score (nSPS) is 16.2. The molecule has 4 heterocycles. The fourth-order valence-corrected chi connectivity index (χ4v) is 3.89. The van der Waals surface area contributed by atoms with Gasteiger partial charge in [0, 0.05) is 39.0 Å². The Bertz CT molecular complexity index is 1170. The van der Waals surface area contributed by atoms with Crippen molar-refractivity contribution in [1.82, 2.24) is 29.3 Å². The van der Waals surface area contributed by atoms with Gasteiger partial charge in [0.25, 0.3) is 5.56 Å². The molecule has 8 heteroatoms. The minimum atomic E-state index is -0.173. The average molecular weight is 375 g/mol. The number of rotatable bonds is 4. The zero-order chi connectivity index (χ0) is 19.1. The molecule has 0 radical (unpaired) electrons. The monoisotopic (exact) mass is 375 g/mol. The van der Waals surface area contributed by atoms with E-state index in [4.69, 9.17) is 4.98 Å². The van der Waals surface area contributed by atoms with Crippen molar-refractivity contribution < 1.29 is 0 Å². The summed E-state index contributed by atoms with van der Waals surface area (Å²) in [5.41, 5.74) is 1.27. The van der Waals surface area contributed by atoms with Crippen molar-refractivity contribution in [2.45, 2.75) is 19.4 Å². The van der Waals surface area contributed by atoms with Crippen molar-refractivity contribution in [3.63, 3.8) is 0 Å². The lowest BCUT2D eigenvalue weighted by Gasteiger charge is -2.28. The zero-order valence-electron chi connectivity index (χ0n) is 15.6. The summed E-state index contributed by atoms with van der Waals surface area (Å²) >= 11 is 0. The molecule has 1 atom stereocenters. The Balaban J connectivity index is 1.45. The highest BCUT2D eigenvalue weighted by Crippen LogP contribution is 2.22. The number of aromatic nitrogens is 6. The van der Waals surface area contributed by atoms with Crippen LogP contribution in [0.2, 0.25) is 0 Å². The van der Waals surface area contributed by atoms with Crippen molar-refractivity contribution in [2.75, 3.05) is 18.5 Å². The fraction of sp³-hybridized carbons (Fsp3) is 0.300. The number of benzene rings is 1. The van der Waals surface area contributed by atoms with E-state index in [1.807, 2.05) is 54.7 Å². The van der Waals surface area contributed by atoms with Gasteiger partial charge in [-0.1, -0.05) is 18.2 Å². The lowest BCUT2D eigenvalue weighted by Crippen LogP contribution is -2.32. The van der Waals surface area contributed by atoms with Crippen molar-refractivity contribution in [3.05, 3.63) is 65.1 Å². The van der Waals surface area contributed by atoms with Gasteiger partial charge < -0.3 is 9.47 Å². The predicted molar refractivity (Wildman–Crippen MR) is 107 cm³/mol. The van der Waals surface area contributed by atoms with Crippen LogP contribution >= 0.6 is 0 Å². The third-order valence-corrected chi connectivity index (χ3v) is 5.37. The first-order valence-electron chi connectivity index (χ1n) is 9.43. The Morgan fingerprint density at radius 3 is 3.00 bits per heavy atom. The molecule has 1 aromatic carbocycles. The maximum atomic E-state index is 12.6. The number of hydrogen-bond donors (Lipinski definition) is 1. The second-order valence-corrected chi connectivity index (χ2v) is 7.29. The second-order valence-electron chi connectivity index (χ2n) is 7.29. The molecule has 0 amide bonds. The summed E-state index contributed by atoms with van der Waals surface area (Å²) in [5, 5.41) is 4.85. The van der Waals surface area contributed by atoms with Crippen molar-refractivity contribution in [1.29, 1.82) is 0 Å². The van der Waals surface area contributed by atoms with E-state index in [1.165, 1.54) is 0 Å².